The van der Waals surface area contributed by atoms with E-state index < -0.39 is 0 Å². The smallest absolute Gasteiger partial charge is 0.00260 e. The average molecular weight is 128 g/mol. The highest BCUT2D eigenvalue weighted by Crippen LogP contribution is 2.29. The Balaban J connectivity index is 2.02. The average Bonchev–Trinajstić information content (AvgIpc) is 1.63. The van der Waals surface area contributed by atoms with Gasteiger partial charge in [0, 0.05) is 0 Å². The highest BCUT2D eigenvalue weighted by molar-refractivity contribution is 8.03. The van der Waals surface area contributed by atoms with Gasteiger partial charge in [0.25, 0.3) is 0 Å². The molecule has 0 unspecified atom stereocenters. The van der Waals surface area contributed by atoms with E-state index in [1.54, 1.807) is 4.91 Å². The van der Waals surface area contributed by atoms with Crippen molar-refractivity contribution in [2.75, 3.05) is 5.75 Å². The van der Waals surface area contributed by atoms with E-state index in [0.29, 0.717) is 0 Å². The third-order valence-corrected chi connectivity index (χ3v) is 2.61. The standard InChI is InChI=1S/C7H12S/c1-2-6-8-7-4-3-5-7/h4H,2-3,5-6H2,1H3. The molecule has 0 aromatic heterocycles. The molecule has 1 aliphatic carbocycles. The third kappa shape index (κ3) is 1.55. The Morgan fingerprint density at radius 3 is 2.88 bits per heavy atom. The summed E-state index contributed by atoms with van der Waals surface area (Å²) in [5.74, 6) is 1.31. The van der Waals surface area contributed by atoms with Gasteiger partial charge in [0.2, 0.25) is 0 Å². The van der Waals surface area contributed by atoms with Crippen molar-refractivity contribution in [1.82, 2.24) is 0 Å². The molecular weight excluding hydrogens is 116 g/mol. The Morgan fingerprint density at radius 2 is 2.50 bits per heavy atom. The summed E-state index contributed by atoms with van der Waals surface area (Å²) in [6.07, 6.45) is 6.32. The first-order valence-corrected chi connectivity index (χ1v) is 4.24. The van der Waals surface area contributed by atoms with Crippen molar-refractivity contribution >= 4 is 11.8 Å². The summed E-state index contributed by atoms with van der Waals surface area (Å²) < 4.78 is 0. The molecule has 1 rings (SSSR count). The summed E-state index contributed by atoms with van der Waals surface area (Å²) in [4.78, 5) is 1.62. The van der Waals surface area contributed by atoms with Crippen LogP contribution >= 0.6 is 11.8 Å². The third-order valence-electron chi connectivity index (χ3n) is 1.25. The van der Waals surface area contributed by atoms with Crippen molar-refractivity contribution in [3.8, 4) is 0 Å². The van der Waals surface area contributed by atoms with E-state index in [1.807, 2.05) is 11.8 Å². The van der Waals surface area contributed by atoms with E-state index in [2.05, 4.69) is 13.0 Å². The summed E-state index contributed by atoms with van der Waals surface area (Å²) in [6.45, 7) is 2.23. The summed E-state index contributed by atoms with van der Waals surface area (Å²) in [7, 11) is 0. The minimum atomic E-state index is 1.31. The monoisotopic (exact) mass is 128 g/mol. The lowest BCUT2D eigenvalue weighted by atomic mass is 10.1. The van der Waals surface area contributed by atoms with Crippen molar-refractivity contribution < 1.29 is 0 Å². The fourth-order valence-electron chi connectivity index (χ4n) is 0.626. The summed E-state index contributed by atoms with van der Waals surface area (Å²) >= 11 is 2.02. The first-order valence-electron chi connectivity index (χ1n) is 3.25. The molecular formula is C7H12S. The van der Waals surface area contributed by atoms with Crippen LogP contribution < -0.4 is 0 Å². The maximum Gasteiger partial charge on any atom is -0.00260 e. The predicted molar refractivity (Wildman–Crippen MR) is 40.1 cm³/mol. The van der Waals surface area contributed by atoms with E-state index in [4.69, 9.17) is 0 Å². The highest BCUT2D eigenvalue weighted by Gasteiger charge is 2.03. The van der Waals surface area contributed by atoms with Gasteiger partial charge in [-0.2, -0.15) is 0 Å². The number of rotatable bonds is 3. The van der Waals surface area contributed by atoms with Crippen LogP contribution in [0.5, 0.6) is 0 Å². The number of hydrogen-bond acceptors (Lipinski definition) is 1. The largest absolute Gasteiger partial charge is 0.131 e. The second-order valence-electron chi connectivity index (χ2n) is 2.06. The SMILES string of the molecule is CCCSC1=CCC1. The van der Waals surface area contributed by atoms with Gasteiger partial charge in [0.05, 0.1) is 0 Å². The predicted octanol–water partition coefficient (Wildman–Crippen LogP) is 2.81. The van der Waals surface area contributed by atoms with Gasteiger partial charge in [-0.1, -0.05) is 13.0 Å². The van der Waals surface area contributed by atoms with Crippen LogP contribution in [0.25, 0.3) is 0 Å². The molecule has 0 saturated carbocycles. The molecule has 0 N–H and O–H groups in total. The second kappa shape index (κ2) is 3.18. The molecule has 0 radical (unpaired) electrons. The molecule has 0 atom stereocenters. The van der Waals surface area contributed by atoms with Gasteiger partial charge >= 0.3 is 0 Å². The van der Waals surface area contributed by atoms with E-state index in [9.17, 15) is 0 Å². The summed E-state index contributed by atoms with van der Waals surface area (Å²) in [5.41, 5.74) is 0. The molecule has 1 heteroatoms. The van der Waals surface area contributed by atoms with Gasteiger partial charge in [-0.25, -0.2) is 0 Å². The number of thioether (sulfide) groups is 1. The zero-order chi connectivity index (χ0) is 5.82. The minimum Gasteiger partial charge on any atom is -0.131 e. The van der Waals surface area contributed by atoms with Crippen LogP contribution in [0.3, 0.4) is 0 Å². The van der Waals surface area contributed by atoms with Crippen molar-refractivity contribution in [3.63, 3.8) is 0 Å². The Morgan fingerprint density at radius 1 is 1.75 bits per heavy atom. The van der Waals surface area contributed by atoms with Crippen LogP contribution in [0, 0.1) is 0 Å². The van der Waals surface area contributed by atoms with Gasteiger partial charge in [-0.15, -0.1) is 11.8 Å². The van der Waals surface area contributed by atoms with Crippen molar-refractivity contribution in [3.05, 3.63) is 11.0 Å². The zero-order valence-corrected chi connectivity index (χ0v) is 6.13. The minimum absolute atomic E-state index is 1.31. The molecule has 8 heavy (non-hydrogen) atoms. The Hall–Kier alpha value is 0.0900. The molecule has 0 heterocycles. The molecule has 0 amide bonds. The van der Waals surface area contributed by atoms with Crippen molar-refractivity contribution in [2.45, 2.75) is 26.2 Å². The molecule has 0 nitrogen and oxygen atoms in total. The lowest BCUT2D eigenvalue weighted by molar-refractivity contribution is 0.939. The van der Waals surface area contributed by atoms with E-state index in [1.165, 1.54) is 25.0 Å². The van der Waals surface area contributed by atoms with Gasteiger partial charge in [0.15, 0.2) is 0 Å². The molecule has 0 fully saturated rings. The topological polar surface area (TPSA) is 0 Å². The fraction of sp³-hybridized carbons (Fsp3) is 0.714. The Kier molecular flexibility index (Phi) is 2.47. The zero-order valence-electron chi connectivity index (χ0n) is 5.31. The van der Waals surface area contributed by atoms with E-state index in [-0.39, 0.29) is 0 Å². The summed E-state index contributed by atoms with van der Waals surface area (Å²) in [5, 5.41) is 0. The molecule has 0 saturated heterocycles. The van der Waals surface area contributed by atoms with Gasteiger partial charge in [-0.3, -0.25) is 0 Å². The normalized spacial score (nSPS) is 17.4. The molecule has 0 aromatic carbocycles. The van der Waals surface area contributed by atoms with Crippen LogP contribution in [0.2, 0.25) is 0 Å². The Labute approximate surface area is 55.4 Å². The van der Waals surface area contributed by atoms with E-state index in [0.717, 1.165) is 0 Å². The molecule has 0 bridgehead atoms. The maximum absolute atomic E-state index is 2.33. The lowest BCUT2D eigenvalue weighted by Crippen LogP contribution is -1.89. The van der Waals surface area contributed by atoms with Crippen molar-refractivity contribution in [2.24, 2.45) is 0 Å². The molecule has 0 aromatic rings. The van der Waals surface area contributed by atoms with Crippen LogP contribution in [0.4, 0.5) is 0 Å². The first kappa shape index (κ1) is 6.21. The molecule has 0 spiro atoms. The van der Waals surface area contributed by atoms with Gasteiger partial charge < -0.3 is 0 Å². The first-order chi connectivity index (χ1) is 3.93. The number of allylic oxidation sites excluding steroid dienone is 2. The van der Waals surface area contributed by atoms with Crippen LogP contribution in [0.15, 0.2) is 11.0 Å². The van der Waals surface area contributed by atoms with Gasteiger partial charge in [-0.05, 0) is 29.9 Å². The fourth-order valence-corrected chi connectivity index (χ4v) is 1.59. The van der Waals surface area contributed by atoms with Crippen molar-refractivity contribution in [1.29, 1.82) is 0 Å². The van der Waals surface area contributed by atoms with E-state index >= 15 is 0 Å². The van der Waals surface area contributed by atoms with Gasteiger partial charge in [0.1, 0.15) is 0 Å². The molecule has 1 aliphatic rings. The second-order valence-corrected chi connectivity index (χ2v) is 3.28. The summed E-state index contributed by atoms with van der Waals surface area (Å²) in [6, 6.07) is 0. The molecule has 0 aliphatic heterocycles. The maximum atomic E-state index is 2.33. The van der Waals surface area contributed by atoms with Crippen LogP contribution in [-0.4, -0.2) is 5.75 Å². The Bertz CT molecular complexity index is 94.6. The highest BCUT2D eigenvalue weighted by atomic mass is 32.2. The number of hydrogen-bond donors (Lipinski definition) is 0. The lowest BCUT2D eigenvalue weighted by Gasteiger charge is -2.11. The van der Waals surface area contributed by atoms with Crippen LogP contribution in [-0.2, 0) is 0 Å². The molecule has 46 valence electrons. The quantitative estimate of drug-likeness (QED) is 0.563. The van der Waals surface area contributed by atoms with Crippen LogP contribution in [0.1, 0.15) is 26.2 Å².